The molecule has 2 aromatic carbocycles. The zero-order chi connectivity index (χ0) is 14.4. The topological polar surface area (TPSA) is 35.5 Å². The van der Waals surface area contributed by atoms with E-state index >= 15 is 0 Å². The van der Waals surface area contributed by atoms with E-state index in [-0.39, 0.29) is 6.10 Å². The fourth-order valence-corrected chi connectivity index (χ4v) is 1.80. The van der Waals surface area contributed by atoms with E-state index < -0.39 is 0 Å². The van der Waals surface area contributed by atoms with Crippen molar-refractivity contribution in [1.29, 1.82) is 0 Å². The number of hydrogen-bond acceptors (Lipinski definition) is 3. The van der Waals surface area contributed by atoms with Crippen molar-refractivity contribution in [3.63, 3.8) is 0 Å². The van der Waals surface area contributed by atoms with Crippen molar-refractivity contribution in [1.82, 2.24) is 0 Å². The van der Waals surface area contributed by atoms with Gasteiger partial charge in [0.15, 0.2) is 6.29 Å². The SMILES string of the molecule is CC(C)Oc1cc(OCc2ccccc2)ccc1C=O. The summed E-state index contributed by atoms with van der Waals surface area (Å²) in [5.74, 6) is 1.25. The van der Waals surface area contributed by atoms with Crippen LogP contribution in [-0.2, 0) is 6.61 Å². The molecule has 104 valence electrons. The lowest BCUT2D eigenvalue weighted by atomic mass is 10.2. The normalized spacial score (nSPS) is 10.3. The van der Waals surface area contributed by atoms with Crippen LogP contribution in [0.3, 0.4) is 0 Å². The second-order valence-corrected chi connectivity index (χ2v) is 4.76. The lowest BCUT2D eigenvalue weighted by Crippen LogP contribution is -2.07. The van der Waals surface area contributed by atoms with Gasteiger partial charge in [0.2, 0.25) is 0 Å². The third-order valence-corrected chi connectivity index (χ3v) is 2.72. The van der Waals surface area contributed by atoms with Gasteiger partial charge in [-0.1, -0.05) is 30.3 Å². The Balaban J connectivity index is 2.10. The third-order valence-electron chi connectivity index (χ3n) is 2.72. The Bertz CT molecular complexity index is 562. The summed E-state index contributed by atoms with van der Waals surface area (Å²) in [6, 6.07) is 15.2. The maximum Gasteiger partial charge on any atom is 0.153 e. The number of rotatable bonds is 6. The van der Waals surface area contributed by atoms with Crippen molar-refractivity contribution in [3.05, 3.63) is 59.7 Å². The summed E-state index contributed by atoms with van der Waals surface area (Å²) in [6.45, 7) is 4.33. The molecule has 0 saturated carbocycles. The Morgan fingerprint density at radius 1 is 1.10 bits per heavy atom. The summed E-state index contributed by atoms with van der Waals surface area (Å²) in [5.41, 5.74) is 1.63. The molecule has 2 aromatic rings. The molecule has 0 spiro atoms. The average Bonchev–Trinajstić information content (AvgIpc) is 2.46. The van der Waals surface area contributed by atoms with E-state index in [1.807, 2.05) is 44.2 Å². The van der Waals surface area contributed by atoms with E-state index in [2.05, 4.69) is 0 Å². The number of carbonyl (C=O) groups is 1. The molecule has 0 aromatic heterocycles. The van der Waals surface area contributed by atoms with E-state index in [4.69, 9.17) is 9.47 Å². The molecule has 0 bridgehead atoms. The van der Waals surface area contributed by atoms with Crippen LogP contribution in [-0.4, -0.2) is 12.4 Å². The molecular weight excluding hydrogens is 252 g/mol. The molecule has 20 heavy (non-hydrogen) atoms. The smallest absolute Gasteiger partial charge is 0.153 e. The van der Waals surface area contributed by atoms with Crippen molar-refractivity contribution in [2.75, 3.05) is 0 Å². The van der Waals surface area contributed by atoms with Crippen molar-refractivity contribution in [2.45, 2.75) is 26.6 Å². The van der Waals surface area contributed by atoms with Gasteiger partial charge in [-0.2, -0.15) is 0 Å². The monoisotopic (exact) mass is 270 g/mol. The molecule has 0 saturated heterocycles. The number of carbonyl (C=O) groups excluding carboxylic acids is 1. The molecule has 0 aliphatic heterocycles. The van der Waals surface area contributed by atoms with Crippen LogP contribution in [0.4, 0.5) is 0 Å². The predicted octanol–water partition coefficient (Wildman–Crippen LogP) is 3.87. The van der Waals surface area contributed by atoms with Gasteiger partial charge < -0.3 is 9.47 Å². The Labute approximate surface area is 119 Å². The number of ether oxygens (including phenoxy) is 2. The van der Waals surface area contributed by atoms with Crippen LogP contribution in [0.25, 0.3) is 0 Å². The minimum atomic E-state index is 0.0121. The highest BCUT2D eigenvalue weighted by molar-refractivity contribution is 5.79. The lowest BCUT2D eigenvalue weighted by Gasteiger charge is -2.13. The first-order chi connectivity index (χ1) is 9.69. The summed E-state index contributed by atoms with van der Waals surface area (Å²) in [4.78, 5) is 11.0. The van der Waals surface area contributed by atoms with Crippen molar-refractivity contribution >= 4 is 6.29 Å². The van der Waals surface area contributed by atoms with E-state index in [0.29, 0.717) is 23.7 Å². The Morgan fingerprint density at radius 2 is 1.85 bits per heavy atom. The Kier molecular flexibility index (Phi) is 4.77. The van der Waals surface area contributed by atoms with Gasteiger partial charge in [-0.15, -0.1) is 0 Å². The molecule has 0 atom stereocenters. The quantitative estimate of drug-likeness (QED) is 0.748. The second kappa shape index (κ2) is 6.75. The van der Waals surface area contributed by atoms with Gasteiger partial charge >= 0.3 is 0 Å². The highest BCUT2D eigenvalue weighted by atomic mass is 16.5. The van der Waals surface area contributed by atoms with E-state index in [9.17, 15) is 4.79 Å². The van der Waals surface area contributed by atoms with E-state index in [1.54, 1.807) is 18.2 Å². The molecule has 0 amide bonds. The van der Waals surface area contributed by atoms with E-state index in [0.717, 1.165) is 11.8 Å². The minimum Gasteiger partial charge on any atom is -0.490 e. The van der Waals surface area contributed by atoms with Crippen molar-refractivity contribution < 1.29 is 14.3 Å². The predicted molar refractivity (Wildman–Crippen MR) is 78.4 cm³/mol. The van der Waals surface area contributed by atoms with Crippen molar-refractivity contribution in [3.8, 4) is 11.5 Å². The number of benzene rings is 2. The Hall–Kier alpha value is -2.29. The summed E-state index contributed by atoms with van der Waals surface area (Å²) in [7, 11) is 0. The fraction of sp³-hybridized carbons (Fsp3) is 0.235. The summed E-state index contributed by atoms with van der Waals surface area (Å²) in [5, 5.41) is 0. The molecule has 0 fully saturated rings. The van der Waals surface area contributed by atoms with Crippen LogP contribution in [0.15, 0.2) is 48.5 Å². The zero-order valence-electron chi connectivity index (χ0n) is 11.7. The van der Waals surface area contributed by atoms with Crippen LogP contribution >= 0.6 is 0 Å². The highest BCUT2D eigenvalue weighted by Crippen LogP contribution is 2.25. The zero-order valence-corrected chi connectivity index (χ0v) is 11.7. The fourth-order valence-electron chi connectivity index (χ4n) is 1.80. The first-order valence-corrected chi connectivity index (χ1v) is 6.61. The average molecular weight is 270 g/mol. The molecule has 0 unspecified atom stereocenters. The maximum atomic E-state index is 11.0. The standard InChI is InChI=1S/C17H18O3/c1-13(2)20-17-10-16(9-8-15(17)11-18)19-12-14-6-4-3-5-7-14/h3-11,13H,12H2,1-2H3. The largest absolute Gasteiger partial charge is 0.490 e. The second-order valence-electron chi connectivity index (χ2n) is 4.76. The van der Waals surface area contributed by atoms with Gasteiger partial charge in [0.25, 0.3) is 0 Å². The summed E-state index contributed by atoms with van der Waals surface area (Å²) >= 11 is 0. The minimum absolute atomic E-state index is 0.0121. The molecule has 3 nitrogen and oxygen atoms in total. The molecule has 0 radical (unpaired) electrons. The molecule has 0 heterocycles. The van der Waals surface area contributed by atoms with Crippen LogP contribution in [0.2, 0.25) is 0 Å². The Morgan fingerprint density at radius 3 is 2.50 bits per heavy atom. The summed E-state index contributed by atoms with van der Waals surface area (Å²) < 4.78 is 11.3. The van der Waals surface area contributed by atoms with E-state index in [1.165, 1.54) is 0 Å². The molecular formula is C17H18O3. The van der Waals surface area contributed by atoms with Gasteiger partial charge in [0.1, 0.15) is 18.1 Å². The van der Waals surface area contributed by atoms with Gasteiger partial charge in [-0.05, 0) is 31.5 Å². The highest BCUT2D eigenvalue weighted by Gasteiger charge is 2.07. The van der Waals surface area contributed by atoms with Crippen LogP contribution in [0.1, 0.15) is 29.8 Å². The summed E-state index contributed by atoms with van der Waals surface area (Å²) in [6.07, 6.45) is 0.802. The lowest BCUT2D eigenvalue weighted by molar-refractivity contribution is 0.111. The van der Waals surface area contributed by atoms with Crippen LogP contribution in [0, 0.1) is 0 Å². The maximum absolute atomic E-state index is 11.0. The molecule has 0 aliphatic rings. The van der Waals surface area contributed by atoms with Crippen molar-refractivity contribution in [2.24, 2.45) is 0 Å². The van der Waals surface area contributed by atoms with Gasteiger partial charge in [-0.25, -0.2) is 0 Å². The first kappa shape index (κ1) is 14.1. The first-order valence-electron chi connectivity index (χ1n) is 6.61. The van der Waals surface area contributed by atoms with Gasteiger partial charge in [0.05, 0.1) is 11.7 Å². The van der Waals surface area contributed by atoms with Gasteiger partial charge in [0, 0.05) is 6.07 Å². The molecule has 2 rings (SSSR count). The molecule has 0 N–H and O–H groups in total. The third kappa shape index (κ3) is 3.85. The molecule has 0 aliphatic carbocycles. The van der Waals surface area contributed by atoms with Crippen LogP contribution in [0.5, 0.6) is 11.5 Å². The van der Waals surface area contributed by atoms with Crippen LogP contribution < -0.4 is 9.47 Å². The number of aldehydes is 1. The van der Waals surface area contributed by atoms with Gasteiger partial charge in [-0.3, -0.25) is 4.79 Å². The number of hydrogen-bond donors (Lipinski definition) is 0. The molecule has 3 heteroatoms.